The van der Waals surface area contributed by atoms with Crippen molar-refractivity contribution in [1.29, 1.82) is 0 Å². The Morgan fingerprint density at radius 3 is 2.86 bits per heavy atom. The van der Waals surface area contributed by atoms with Gasteiger partial charge in [-0.3, -0.25) is 14.6 Å². The molecule has 2 saturated carbocycles. The number of hydrogen-bond acceptors (Lipinski definition) is 6. The average molecular weight is 487 g/mol. The molecule has 36 heavy (non-hydrogen) atoms. The van der Waals surface area contributed by atoms with Crippen LogP contribution < -0.4 is 5.73 Å². The molecule has 0 amide bonds. The quantitative estimate of drug-likeness (QED) is 0.616. The summed E-state index contributed by atoms with van der Waals surface area (Å²) in [7, 11) is 0. The summed E-state index contributed by atoms with van der Waals surface area (Å²) in [6, 6.07) is 8.41. The summed E-state index contributed by atoms with van der Waals surface area (Å²) in [4.78, 5) is 29.6. The number of ether oxygens (including phenoxy) is 2. The summed E-state index contributed by atoms with van der Waals surface area (Å²) in [5.41, 5.74) is 8.23. The summed E-state index contributed by atoms with van der Waals surface area (Å²) in [6.45, 7) is 6.42. The van der Waals surface area contributed by atoms with Gasteiger partial charge in [-0.05, 0) is 72.7 Å². The van der Waals surface area contributed by atoms with E-state index in [0.717, 1.165) is 34.9 Å². The lowest BCUT2D eigenvalue weighted by molar-refractivity contribution is -0.157. The van der Waals surface area contributed by atoms with Gasteiger partial charge in [0.2, 0.25) is 0 Å². The van der Waals surface area contributed by atoms with E-state index in [1.54, 1.807) is 0 Å². The molecule has 6 atom stereocenters. The van der Waals surface area contributed by atoms with Crippen molar-refractivity contribution in [3.63, 3.8) is 0 Å². The summed E-state index contributed by atoms with van der Waals surface area (Å²) in [5, 5.41) is 2.23. The molecular formula is C30H34N2O4. The van der Waals surface area contributed by atoms with Crippen LogP contribution in [0.4, 0.5) is 0 Å². The second-order valence-electron chi connectivity index (χ2n) is 11.6. The Balaban J connectivity index is 1.45. The monoisotopic (exact) mass is 486 g/mol. The van der Waals surface area contributed by atoms with E-state index in [4.69, 9.17) is 15.2 Å². The van der Waals surface area contributed by atoms with Crippen molar-refractivity contribution in [3.05, 3.63) is 65.2 Å². The first kappa shape index (κ1) is 23.4. The van der Waals surface area contributed by atoms with E-state index in [0.29, 0.717) is 25.8 Å². The van der Waals surface area contributed by atoms with Crippen LogP contribution in [0.15, 0.2) is 59.6 Å². The van der Waals surface area contributed by atoms with Gasteiger partial charge in [-0.1, -0.05) is 25.1 Å². The highest BCUT2D eigenvalue weighted by molar-refractivity contribution is 6.00. The van der Waals surface area contributed by atoms with Gasteiger partial charge in [-0.2, -0.15) is 0 Å². The summed E-state index contributed by atoms with van der Waals surface area (Å²) < 4.78 is 12.9. The summed E-state index contributed by atoms with van der Waals surface area (Å²) in [6.07, 6.45) is 9.42. The molecule has 0 bridgehead atoms. The van der Waals surface area contributed by atoms with Gasteiger partial charge >= 0.3 is 5.97 Å². The molecule has 6 heteroatoms. The maximum atomic E-state index is 12.8. The van der Waals surface area contributed by atoms with Crippen molar-refractivity contribution in [3.8, 4) is 0 Å². The van der Waals surface area contributed by atoms with E-state index < -0.39 is 5.60 Å². The van der Waals surface area contributed by atoms with Crippen LogP contribution in [0, 0.1) is 17.3 Å². The third-order valence-corrected chi connectivity index (χ3v) is 9.31. The lowest BCUT2D eigenvalue weighted by Crippen LogP contribution is -2.44. The minimum atomic E-state index is -0.682. The predicted molar refractivity (Wildman–Crippen MR) is 137 cm³/mol. The number of allylic oxidation sites excluding steroid dienone is 3. The Morgan fingerprint density at radius 1 is 1.25 bits per heavy atom. The molecule has 3 aliphatic carbocycles. The molecule has 6 rings (SSSR count). The largest absolute Gasteiger partial charge is 0.489 e. The van der Waals surface area contributed by atoms with Crippen LogP contribution in [0.1, 0.15) is 64.4 Å². The average Bonchev–Trinajstić information content (AvgIpc) is 3.08. The number of nitrogens with zero attached hydrogens (tertiary/aromatic N) is 1. The number of esters is 1. The Hall–Kier alpha value is -2.99. The first-order chi connectivity index (χ1) is 17.2. The Morgan fingerprint density at radius 2 is 2.08 bits per heavy atom. The van der Waals surface area contributed by atoms with Gasteiger partial charge in [0, 0.05) is 49.4 Å². The Kier molecular flexibility index (Phi) is 5.38. The van der Waals surface area contributed by atoms with Gasteiger partial charge < -0.3 is 15.2 Å². The molecule has 2 aromatic rings. The van der Waals surface area contributed by atoms with Crippen LogP contribution in [0.5, 0.6) is 0 Å². The van der Waals surface area contributed by atoms with Crippen LogP contribution in [0.3, 0.4) is 0 Å². The number of Topliss-reactive ketones (excluding diaryl/α,β-unsaturated/α-hetero) is 1. The zero-order chi connectivity index (χ0) is 25.2. The molecule has 4 aliphatic rings. The first-order valence-corrected chi connectivity index (χ1v) is 13.1. The van der Waals surface area contributed by atoms with E-state index in [1.807, 2.05) is 12.4 Å². The number of pyridine rings is 1. The normalized spacial score (nSPS) is 35.4. The van der Waals surface area contributed by atoms with Gasteiger partial charge in [0.15, 0.2) is 5.78 Å². The second kappa shape index (κ2) is 8.27. The number of ketones is 1. The fraction of sp³-hybridized carbons (Fsp3) is 0.500. The second-order valence-corrected chi connectivity index (χ2v) is 11.6. The predicted octanol–water partition coefficient (Wildman–Crippen LogP) is 4.98. The molecule has 6 nitrogen and oxygen atoms in total. The molecular weight excluding hydrogens is 452 g/mol. The van der Waals surface area contributed by atoms with Crippen LogP contribution in [-0.4, -0.2) is 35.0 Å². The number of carbonyl (C=O) groups is 2. The molecule has 2 fully saturated rings. The number of benzene rings is 1. The van der Waals surface area contributed by atoms with Gasteiger partial charge in [-0.15, -0.1) is 0 Å². The molecule has 1 aromatic heterocycles. The summed E-state index contributed by atoms with van der Waals surface area (Å²) >= 11 is 0. The smallest absolute Gasteiger partial charge is 0.303 e. The number of rotatable bonds is 3. The third-order valence-electron chi connectivity index (χ3n) is 9.31. The molecule has 2 N–H and O–H groups in total. The number of hydrogen-bond donors (Lipinski definition) is 1. The van der Waals surface area contributed by atoms with Gasteiger partial charge in [0.1, 0.15) is 17.5 Å². The molecule has 2 unspecified atom stereocenters. The van der Waals surface area contributed by atoms with E-state index in [1.165, 1.54) is 18.1 Å². The van der Waals surface area contributed by atoms with Crippen molar-refractivity contribution in [2.24, 2.45) is 23.0 Å². The van der Waals surface area contributed by atoms with Crippen molar-refractivity contribution in [2.75, 3.05) is 6.54 Å². The lowest BCUT2D eigenvalue weighted by Gasteiger charge is -2.48. The SMILES string of the molecule is CC(=O)OC1(C)C[C@H]2[C@@H]3OC4=C(C=C3CC[C@]2(C)[C@H]1c1cccc2cnccc12)C(=O)CC(CN)C4. The fourth-order valence-electron chi connectivity index (χ4n) is 7.87. The first-order valence-electron chi connectivity index (χ1n) is 13.1. The van der Waals surface area contributed by atoms with Crippen molar-refractivity contribution in [1.82, 2.24) is 4.98 Å². The highest BCUT2D eigenvalue weighted by atomic mass is 16.6. The van der Waals surface area contributed by atoms with Gasteiger partial charge in [-0.25, -0.2) is 0 Å². The number of fused-ring (bicyclic) bond motifs is 4. The van der Waals surface area contributed by atoms with Crippen molar-refractivity contribution < 1.29 is 19.1 Å². The van der Waals surface area contributed by atoms with Crippen LogP contribution >= 0.6 is 0 Å². The standard InChI is InChI=1S/C30H34N2O4/c1-17(33)36-30(3)14-24-27-19(13-23-25(34)11-18(15-31)12-26(23)35-27)7-9-29(24,2)28(30)22-6-4-5-20-16-32-10-8-21(20)22/h4-6,8,10,13,16,18,24,27-28H,7,9,11-12,14-15,31H2,1-3H3/t18?,24-,27+,28+,29-,30?/m0/s1. The molecule has 1 aliphatic heterocycles. The minimum Gasteiger partial charge on any atom is -0.489 e. The summed E-state index contributed by atoms with van der Waals surface area (Å²) in [5.74, 6) is 0.952. The Bertz CT molecular complexity index is 1320. The van der Waals surface area contributed by atoms with Crippen molar-refractivity contribution >= 4 is 22.5 Å². The van der Waals surface area contributed by atoms with Crippen LogP contribution in [0.2, 0.25) is 0 Å². The fourth-order valence-corrected chi connectivity index (χ4v) is 7.87. The van der Waals surface area contributed by atoms with E-state index >= 15 is 0 Å². The molecule has 0 saturated heterocycles. The van der Waals surface area contributed by atoms with Gasteiger partial charge in [0.25, 0.3) is 0 Å². The van der Waals surface area contributed by atoms with E-state index in [-0.39, 0.29) is 41.0 Å². The maximum absolute atomic E-state index is 12.8. The Labute approximate surface area is 211 Å². The topological polar surface area (TPSA) is 91.5 Å². The molecule has 1 aromatic carbocycles. The van der Waals surface area contributed by atoms with Crippen LogP contribution in [0.25, 0.3) is 10.8 Å². The van der Waals surface area contributed by atoms with E-state index in [9.17, 15) is 9.59 Å². The van der Waals surface area contributed by atoms with E-state index in [2.05, 4.69) is 49.2 Å². The zero-order valence-electron chi connectivity index (χ0n) is 21.3. The highest BCUT2D eigenvalue weighted by Crippen LogP contribution is 2.66. The minimum absolute atomic E-state index is 0.00435. The highest BCUT2D eigenvalue weighted by Gasteiger charge is 2.64. The van der Waals surface area contributed by atoms with Crippen molar-refractivity contribution in [2.45, 2.75) is 70.5 Å². The number of nitrogens with two attached hydrogens (primary N) is 1. The molecule has 0 radical (unpaired) electrons. The number of aromatic nitrogens is 1. The number of carbonyl (C=O) groups excluding carboxylic acids is 2. The third kappa shape index (κ3) is 3.45. The molecule has 2 heterocycles. The molecule has 188 valence electrons. The maximum Gasteiger partial charge on any atom is 0.303 e. The zero-order valence-corrected chi connectivity index (χ0v) is 21.3. The molecule has 0 spiro atoms. The van der Waals surface area contributed by atoms with Crippen LogP contribution in [-0.2, 0) is 19.1 Å². The van der Waals surface area contributed by atoms with Gasteiger partial charge in [0.05, 0.1) is 5.57 Å². The lowest BCUT2D eigenvalue weighted by atomic mass is 9.60.